The van der Waals surface area contributed by atoms with Crippen molar-refractivity contribution in [2.45, 2.75) is 25.7 Å². The van der Waals surface area contributed by atoms with Crippen LogP contribution in [0.2, 0.25) is 0 Å². The van der Waals surface area contributed by atoms with Crippen LogP contribution in [0.1, 0.15) is 36.2 Å². The van der Waals surface area contributed by atoms with Crippen molar-refractivity contribution in [3.05, 3.63) is 29.3 Å². The second-order valence-corrected chi connectivity index (χ2v) is 7.35. The summed E-state index contributed by atoms with van der Waals surface area (Å²) in [5.41, 5.74) is 1.04. The molecule has 1 aromatic heterocycles. The second-order valence-electron chi connectivity index (χ2n) is 6.74. The van der Waals surface area contributed by atoms with Crippen LogP contribution < -0.4 is 14.8 Å². The molecule has 1 N–H and O–H groups in total. The number of aromatic nitrogens is 2. The number of benzene rings is 1. The van der Waals surface area contributed by atoms with E-state index in [1.807, 2.05) is 4.90 Å². The molecule has 1 saturated heterocycles. The number of hydrogen-bond acceptors (Lipinski definition) is 7. The van der Waals surface area contributed by atoms with Crippen molar-refractivity contribution >= 4 is 29.0 Å². The van der Waals surface area contributed by atoms with Gasteiger partial charge in [-0.25, -0.2) is 0 Å². The van der Waals surface area contributed by atoms with Crippen molar-refractivity contribution in [2.75, 3.05) is 32.6 Å². The maximum atomic E-state index is 12.4. The van der Waals surface area contributed by atoms with E-state index in [4.69, 9.17) is 9.47 Å². The molecule has 1 fully saturated rings. The van der Waals surface area contributed by atoms with Gasteiger partial charge in [0.1, 0.15) is 11.5 Å². The Bertz CT molecular complexity index is 790. The number of ether oxygens (including phenoxy) is 2. The highest BCUT2D eigenvalue weighted by molar-refractivity contribution is 7.03. The number of nitrogens with one attached hydrogen (secondary N) is 1. The van der Waals surface area contributed by atoms with E-state index in [2.05, 4.69) is 14.9 Å². The molecule has 9 heteroatoms. The van der Waals surface area contributed by atoms with Gasteiger partial charge >= 0.3 is 0 Å². The zero-order valence-electron chi connectivity index (χ0n) is 16.0. The average molecular weight is 404 g/mol. The Morgan fingerprint density at radius 3 is 2.64 bits per heavy atom. The Morgan fingerprint density at radius 1 is 1.25 bits per heavy atom. The molecule has 1 aliphatic heterocycles. The summed E-state index contributed by atoms with van der Waals surface area (Å²) in [4.78, 5) is 26.6. The number of hydrogen-bond donors (Lipinski definition) is 1. The molecule has 0 aliphatic carbocycles. The standard InChI is InChI=1S/C19H24N4O4S/c1-26-15-8-14(9-16(10-15)27-2)20-18(24)6-5-13-4-3-7-23(11-13)19(25)17-12-28-22-21-17/h8-10,12-13H,3-7,11H2,1-2H3,(H,20,24)/t13-/m0/s1. The number of piperidine rings is 1. The summed E-state index contributed by atoms with van der Waals surface area (Å²) < 4.78 is 14.2. The molecule has 0 radical (unpaired) electrons. The zero-order chi connectivity index (χ0) is 19.9. The van der Waals surface area contributed by atoms with E-state index < -0.39 is 0 Å². The first-order chi connectivity index (χ1) is 13.6. The van der Waals surface area contributed by atoms with Gasteiger partial charge < -0.3 is 19.7 Å². The van der Waals surface area contributed by atoms with Crippen molar-refractivity contribution in [2.24, 2.45) is 5.92 Å². The van der Waals surface area contributed by atoms with Crippen LogP contribution in [-0.4, -0.2) is 53.6 Å². The Kier molecular flexibility index (Phi) is 6.80. The fourth-order valence-corrected chi connectivity index (χ4v) is 3.77. The van der Waals surface area contributed by atoms with Gasteiger partial charge in [-0.05, 0) is 36.7 Å². The number of likely N-dealkylation sites (tertiary alicyclic amines) is 1. The number of carbonyl (C=O) groups excluding carboxylic acids is 2. The van der Waals surface area contributed by atoms with E-state index in [0.29, 0.717) is 41.8 Å². The molecule has 1 aliphatic rings. The zero-order valence-corrected chi connectivity index (χ0v) is 16.8. The van der Waals surface area contributed by atoms with Gasteiger partial charge in [0.2, 0.25) is 5.91 Å². The third-order valence-corrected chi connectivity index (χ3v) is 5.30. The lowest BCUT2D eigenvalue weighted by atomic mass is 9.93. The predicted octanol–water partition coefficient (Wildman–Crippen LogP) is 2.83. The summed E-state index contributed by atoms with van der Waals surface area (Å²) in [6.45, 7) is 1.37. The fourth-order valence-electron chi connectivity index (χ4n) is 3.34. The summed E-state index contributed by atoms with van der Waals surface area (Å²) in [5.74, 6) is 1.39. The minimum Gasteiger partial charge on any atom is -0.497 e. The average Bonchev–Trinajstić information content (AvgIpc) is 3.26. The Balaban J connectivity index is 1.51. The van der Waals surface area contributed by atoms with Gasteiger partial charge in [0, 0.05) is 48.8 Å². The number of anilines is 1. The van der Waals surface area contributed by atoms with E-state index in [9.17, 15) is 9.59 Å². The first-order valence-corrected chi connectivity index (χ1v) is 10.0. The molecule has 2 aromatic rings. The van der Waals surface area contributed by atoms with Gasteiger partial charge in [-0.2, -0.15) is 0 Å². The lowest BCUT2D eigenvalue weighted by Crippen LogP contribution is -2.40. The summed E-state index contributed by atoms with van der Waals surface area (Å²) in [6.07, 6.45) is 3.07. The Hall–Kier alpha value is -2.68. The molecular formula is C19H24N4O4S. The monoisotopic (exact) mass is 404 g/mol. The summed E-state index contributed by atoms with van der Waals surface area (Å²) in [5, 5.41) is 8.42. The van der Waals surface area contributed by atoms with E-state index >= 15 is 0 Å². The van der Waals surface area contributed by atoms with Gasteiger partial charge in [0.25, 0.3) is 5.91 Å². The van der Waals surface area contributed by atoms with Crippen LogP contribution in [0, 0.1) is 5.92 Å². The summed E-state index contributed by atoms with van der Waals surface area (Å²) in [6, 6.07) is 5.26. The van der Waals surface area contributed by atoms with Crippen LogP contribution in [0.15, 0.2) is 23.6 Å². The van der Waals surface area contributed by atoms with Crippen LogP contribution in [0.5, 0.6) is 11.5 Å². The van der Waals surface area contributed by atoms with Gasteiger partial charge in [-0.1, -0.05) is 4.49 Å². The number of nitrogens with zero attached hydrogens (tertiary/aromatic N) is 3. The van der Waals surface area contributed by atoms with Crippen LogP contribution in [0.3, 0.4) is 0 Å². The molecule has 1 atom stereocenters. The first-order valence-electron chi connectivity index (χ1n) is 9.18. The van der Waals surface area contributed by atoms with Crippen molar-refractivity contribution in [3.8, 4) is 11.5 Å². The highest BCUT2D eigenvalue weighted by Crippen LogP contribution is 2.27. The van der Waals surface area contributed by atoms with Crippen molar-refractivity contribution in [1.29, 1.82) is 0 Å². The number of amides is 2. The molecule has 8 nitrogen and oxygen atoms in total. The van der Waals surface area contributed by atoms with Crippen molar-refractivity contribution in [1.82, 2.24) is 14.5 Å². The molecular weight excluding hydrogens is 380 g/mol. The largest absolute Gasteiger partial charge is 0.497 e. The van der Waals surface area contributed by atoms with Crippen molar-refractivity contribution < 1.29 is 19.1 Å². The fraction of sp³-hybridized carbons (Fsp3) is 0.474. The predicted molar refractivity (Wildman–Crippen MR) is 106 cm³/mol. The van der Waals surface area contributed by atoms with E-state index in [-0.39, 0.29) is 11.8 Å². The molecule has 3 rings (SSSR count). The van der Waals surface area contributed by atoms with Crippen molar-refractivity contribution in [3.63, 3.8) is 0 Å². The second kappa shape index (κ2) is 9.50. The lowest BCUT2D eigenvalue weighted by Gasteiger charge is -2.32. The number of methoxy groups -OCH3 is 2. The molecule has 0 unspecified atom stereocenters. The van der Waals surface area contributed by atoms with Crippen LogP contribution in [-0.2, 0) is 4.79 Å². The third kappa shape index (κ3) is 5.19. The van der Waals surface area contributed by atoms with E-state index in [1.165, 1.54) is 11.5 Å². The van der Waals surface area contributed by atoms with E-state index in [0.717, 1.165) is 25.8 Å². The topological polar surface area (TPSA) is 93.7 Å². The van der Waals surface area contributed by atoms with Gasteiger partial charge in [0.15, 0.2) is 5.69 Å². The Morgan fingerprint density at radius 2 is 2.00 bits per heavy atom. The molecule has 0 spiro atoms. The molecule has 28 heavy (non-hydrogen) atoms. The van der Waals surface area contributed by atoms with E-state index in [1.54, 1.807) is 37.8 Å². The quantitative estimate of drug-likeness (QED) is 0.763. The van der Waals surface area contributed by atoms with Gasteiger partial charge in [-0.15, -0.1) is 5.10 Å². The summed E-state index contributed by atoms with van der Waals surface area (Å²) >= 11 is 1.17. The van der Waals surface area contributed by atoms with Crippen LogP contribution >= 0.6 is 11.5 Å². The SMILES string of the molecule is COc1cc(NC(=O)CC[C@@H]2CCCN(C(=O)c3csnn3)C2)cc(OC)c1. The minimum absolute atomic E-state index is 0.0672. The Labute approximate surface area is 168 Å². The number of carbonyl (C=O) groups is 2. The molecule has 2 heterocycles. The first kappa shape index (κ1) is 20.1. The van der Waals surface area contributed by atoms with Gasteiger partial charge in [-0.3, -0.25) is 9.59 Å². The molecule has 150 valence electrons. The maximum absolute atomic E-state index is 12.4. The van der Waals surface area contributed by atoms with Crippen LogP contribution in [0.25, 0.3) is 0 Å². The third-order valence-electron chi connectivity index (χ3n) is 4.80. The number of rotatable bonds is 7. The smallest absolute Gasteiger partial charge is 0.275 e. The molecule has 0 bridgehead atoms. The lowest BCUT2D eigenvalue weighted by molar-refractivity contribution is -0.116. The van der Waals surface area contributed by atoms with Crippen LogP contribution in [0.4, 0.5) is 5.69 Å². The van der Waals surface area contributed by atoms with Gasteiger partial charge in [0.05, 0.1) is 14.2 Å². The summed E-state index contributed by atoms with van der Waals surface area (Å²) in [7, 11) is 3.14. The highest BCUT2D eigenvalue weighted by Gasteiger charge is 2.26. The normalized spacial score (nSPS) is 16.5. The molecule has 0 saturated carbocycles. The molecule has 1 aromatic carbocycles. The highest BCUT2D eigenvalue weighted by atomic mass is 32.1. The maximum Gasteiger partial charge on any atom is 0.275 e. The minimum atomic E-state index is -0.0774. The molecule has 2 amide bonds.